The molecule has 0 atom stereocenters. The number of benzene rings is 1. The lowest BCUT2D eigenvalue weighted by Gasteiger charge is -2.03. The van der Waals surface area contributed by atoms with Gasteiger partial charge in [0.25, 0.3) is 0 Å². The summed E-state index contributed by atoms with van der Waals surface area (Å²) in [5.41, 5.74) is 1.45. The fourth-order valence-corrected chi connectivity index (χ4v) is 3.14. The molecule has 0 aliphatic carbocycles. The van der Waals surface area contributed by atoms with Crippen LogP contribution in [0, 0.1) is 0 Å². The van der Waals surface area contributed by atoms with Crippen LogP contribution in [-0.4, -0.2) is 19.4 Å². The Labute approximate surface area is 131 Å². The van der Waals surface area contributed by atoms with Gasteiger partial charge in [0.2, 0.25) is 14.7 Å². The van der Waals surface area contributed by atoms with E-state index in [2.05, 4.69) is 27.6 Å². The van der Waals surface area contributed by atoms with Crippen LogP contribution in [0.25, 0.3) is 11.0 Å². The average molecular weight is 374 g/mol. The summed E-state index contributed by atoms with van der Waals surface area (Å²) in [6.07, 6.45) is 3.66. The number of hydrogen-bond donors (Lipinski definition) is 1. The number of anilines is 1. The van der Waals surface area contributed by atoms with Gasteiger partial charge in [0, 0.05) is 17.5 Å². The minimum absolute atomic E-state index is 0.260. The summed E-state index contributed by atoms with van der Waals surface area (Å²) >= 11 is 2.97. The summed E-state index contributed by atoms with van der Waals surface area (Å²) in [5, 5.41) is 0.608. The van der Waals surface area contributed by atoms with Gasteiger partial charge in [-0.1, -0.05) is 13.3 Å². The maximum atomic E-state index is 11.8. The van der Waals surface area contributed by atoms with Gasteiger partial charge >= 0.3 is 0 Å². The van der Waals surface area contributed by atoms with Crippen molar-refractivity contribution in [3.05, 3.63) is 29.5 Å². The van der Waals surface area contributed by atoms with E-state index in [-0.39, 0.29) is 4.69 Å². The van der Waals surface area contributed by atoms with E-state index in [1.54, 1.807) is 18.2 Å². The third kappa shape index (κ3) is 3.85. The minimum Gasteiger partial charge on any atom is -0.460 e. The van der Waals surface area contributed by atoms with E-state index in [1.165, 1.54) is 0 Å². The van der Waals surface area contributed by atoms with Gasteiger partial charge in [0.05, 0.1) is 11.8 Å². The molecule has 7 heteroatoms. The number of furan rings is 1. The lowest BCUT2D eigenvalue weighted by Crippen LogP contribution is -2.09. The molecule has 2 rings (SSSR count). The van der Waals surface area contributed by atoms with Crippen molar-refractivity contribution in [1.29, 1.82) is 0 Å². The monoisotopic (exact) mass is 373 g/mol. The van der Waals surface area contributed by atoms with Crippen LogP contribution in [0.2, 0.25) is 0 Å². The zero-order valence-electron chi connectivity index (χ0n) is 11.8. The number of carbonyl (C=O) groups is 1. The van der Waals surface area contributed by atoms with E-state index >= 15 is 0 Å². The number of hydrogen-bond acceptors (Lipinski definition) is 4. The van der Waals surface area contributed by atoms with Crippen LogP contribution in [0.5, 0.6) is 0 Å². The van der Waals surface area contributed by atoms with E-state index in [1.807, 2.05) is 0 Å². The fraction of sp³-hybridized carbons (Fsp3) is 0.357. The highest BCUT2D eigenvalue weighted by Gasteiger charge is 2.19. The van der Waals surface area contributed by atoms with Gasteiger partial charge in [-0.2, -0.15) is 0 Å². The van der Waals surface area contributed by atoms with Crippen molar-refractivity contribution < 1.29 is 17.6 Å². The van der Waals surface area contributed by atoms with Gasteiger partial charge in [0.15, 0.2) is 0 Å². The van der Waals surface area contributed by atoms with Crippen LogP contribution in [0.4, 0.5) is 5.69 Å². The molecule has 0 saturated carbocycles. The van der Waals surface area contributed by atoms with Gasteiger partial charge in [-0.3, -0.25) is 9.52 Å². The number of sulfonamides is 1. The van der Waals surface area contributed by atoms with Gasteiger partial charge < -0.3 is 4.42 Å². The SMILES string of the molecule is CCCCc1oc2ccc(NS(C)(=O)=O)cc2c1C(=O)Br. The summed E-state index contributed by atoms with van der Waals surface area (Å²) in [6.45, 7) is 2.06. The van der Waals surface area contributed by atoms with Gasteiger partial charge in [-0.25, -0.2) is 8.42 Å². The van der Waals surface area contributed by atoms with Crippen molar-refractivity contribution in [3.63, 3.8) is 0 Å². The topological polar surface area (TPSA) is 76.4 Å². The van der Waals surface area contributed by atoms with E-state index in [0.29, 0.717) is 34.4 Å². The highest BCUT2D eigenvalue weighted by atomic mass is 79.9. The van der Waals surface area contributed by atoms with Gasteiger partial charge in [-0.15, -0.1) is 0 Å². The second kappa shape index (κ2) is 6.19. The molecule has 1 N–H and O–H groups in total. The molecule has 0 amide bonds. The van der Waals surface area contributed by atoms with Crippen LogP contribution in [0.3, 0.4) is 0 Å². The summed E-state index contributed by atoms with van der Waals surface area (Å²) in [6, 6.07) is 4.89. The molecule has 1 aromatic carbocycles. The number of aryl methyl sites for hydroxylation is 1. The molecular weight excluding hydrogens is 358 g/mol. The molecule has 2 aromatic rings. The fourth-order valence-electron chi connectivity index (χ4n) is 2.15. The number of nitrogens with one attached hydrogen (secondary N) is 1. The molecule has 0 saturated heterocycles. The number of carbonyl (C=O) groups excluding carboxylic acids is 1. The molecule has 0 bridgehead atoms. The molecule has 0 spiro atoms. The molecule has 114 valence electrons. The highest BCUT2D eigenvalue weighted by molar-refractivity contribution is 9.18. The zero-order valence-corrected chi connectivity index (χ0v) is 14.2. The Morgan fingerprint density at radius 3 is 2.67 bits per heavy atom. The second-order valence-corrected chi connectivity index (χ2v) is 7.33. The van der Waals surface area contributed by atoms with Crippen molar-refractivity contribution in [3.8, 4) is 0 Å². The Bertz CT molecular complexity index is 780. The van der Waals surface area contributed by atoms with Crippen molar-refractivity contribution in [2.45, 2.75) is 26.2 Å². The molecular formula is C14H16BrNO4S. The first-order chi connectivity index (χ1) is 9.81. The van der Waals surface area contributed by atoms with Crippen molar-refractivity contribution >= 4 is 47.3 Å². The second-order valence-electron chi connectivity index (χ2n) is 4.86. The van der Waals surface area contributed by atoms with E-state index in [9.17, 15) is 13.2 Å². The number of halogens is 1. The van der Waals surface area contributed by atoms with E-state index < -0.39 is 10.0 Å². The first-order valence-electron chi connectivity index (χ1n) is 6.55. The molecule has 0 aliphatic heterocycles. The molecule has 21 heavy (non-hydrogen) atoms. The number of fused-ring (bicyclic) bond motifs is 1. The number of rotatable bonds is 6. The predicted octanol–water partition coefficient (Wildman–Crippen LogP) is 3.68. The average Bonchev–Trinajstić information content (AvgIpc) is 2.71. The normalized spacial score (nSPS) is 11.8. The Morgan fingerprint density at radius 1 is 1.38 bits per heavy atom. The number of unbranched alkanes of at least 4 members (excludes halogenated alkanes) is 1. The van der Waals surface area contributed by atoms with Crippen LogP contribution < -0.4 is 4.72 Å². The molecule has 0 unspecified atom stereocenters. The Balaban J connectivity index is 2.54. The molecule has 1 aromatic heterocycles. The first kappa shape index (κ1) is 16.0. The van der Waals surface area contributed by atoms with Crippen molar-refractivity contribution in [2.75, 3.05) is 11.0 Å². The summed E-state index contributed by atoms with van der Waals surface area (Å²) in [5.74, 6) is 0.630. The smallest absolute Gasteiger partial charge is 0.232 e. The molecule has 1 heterocycles. The van der Waals surface area contributed by atoms with Crippen LogP contribution in [-0.2, 0) is 16.4 Å². The third-order valence-electron chi connectivity index (χ3n) is 3.02. The standard InChI is InChI=1S/C14H16BrNO4S/c1-3-4-5-12-13(14(15)17)10-8-9(16-21(2,18)19)6-7-11(10)20-12/h6-8,16H,3-5H2,1-2H3. The minimum atomic E-state index is -3.36. The maximum absolute atomic E-state index is 11.8. The predicted molar refractivity (Wildman–Crippen MR) is 86.6 cm³/mol. The summed E-state index contributed by atoms with van der Waals surface area (Å²) in [4.78, 5) is 11.8. The third-order valence-corrected chi connectivity index (χ3v) is 4.02. The maximum Gasteiger partial charge on any atom is 0.232 e. The van der Waals surface area contributed by atoms with E-state index in [4.69, 9.17) is 4.42 Å². The lowest BCUT2D eigenvalue weighted by molar-refractivity contribution is 0.109. The Morgan fingerprint density at radius 2 is 2.10 bits per heavy atom. The van der Waals surface area contributed by atoms with Crippen molar-refractivity contribution in [2.24, 2.45) is 0 Å². The van der Waals surface area contributed by atoms with Crippen molar-refractivity contribution in [1.82, 2.24) is 0 Å². The van der Waals surface area contributed by atoms with Gasteiger partial charge in [-0.05, 0) is 40.5 Å². The summed E-state index contributed by atoms with van der Waals surface area (Å²) < 4.78 is 30.4. The quantitative estimate of drug-likeness (QED) is 0.783. The van der Waals surface area contributed by atoms with Gasteiger partial charge in [0.1, 0.15) is 11.3 Å². The first-order valence-corrected chi connectivity index (χ1v) is 9.23. The highest BCUT2D eigenvalue weighted by Crippen LogP contribution is 2.31. The zero-order chi connectivity index (χ0) is 15.6. The Kier molecular flexibility index (Phi) is 4.73. The Hall–Kier alpha value is -1.34. The molecule has 0 aliphatic rings. The molecule has 0 fully saturated rings. The van der Waals surface area contributed by atoms with E-state index in [0.717, 1.165) is 19.1 Å². The molecule has 5 nitrogen and oxygen atoms in total. The summed E-state index contributed by atoms with van der Waals surface area (Å²) in [7, 11) is -3.36. The van der Waals surface area contributed by atoms with Crippen LogP contribution >= 0.6 is 15.9 Å². The van der Waals surface area contributed by atoms with Crippen LogP contribution in [0.15, 0.2) is 22.6 Å². The lowest BCUT2D eigenvalue weighted by atomic mass is 10.1. The molecule has 0 radical (unpaired) electrons. The largest absolute Gasteiger partial charge is 0.460 e. The van der Waals surface area contributed by atoms with Crippen LogP contribution in [0.1, 0.15) is 35.9 Å².